The number of thiol groups is 1. The zero-order chi connectivity index (χ0) is 26.4. The number of carbonyl (C=O) groups excluding carboxylic acids is 1. The van der Waals surface area contributed by atoms with Crippen molar-refractivity contribution in [3.63, 3.8) is 0 Å². The van der Waals surface area contributed by atoms with E-state index in [0.29, 0.717) is 37.2 Å². The van der Waals surface area contributed by atoms with E-state index in [-0.39, 0.29) is 16.8 Å². The first-order chi connectivity index (χ1) is 16.9. The number of rotatable bonds is 5. The summed E-state index contributed by atoms with van der Waals surface area (Å²) >= 11 is 11.0. The van der Waals surface area contributed by atoms with E-state index in [0.717, 1.165) is 11.4 Å². The number of piperidine rings is 1. The third-order valence-electron chi connectivity index (χ3n) is 7.32. The van der Waals surface area contributed by atoms with Crippen LogP contribution in [0.5, 0.6) is 0 Å². The van der Waals surface area contributed by atoms with E-state index in [1.54, 1.807) is 30.0 Å². The minimum atomic E-state index is -4.04. The summed E-state index contributed by atoms with van der Waals surface area (Å²) in [5.74, 6) is -0.207. The highest BCUT2D eigenvalue weighted by atomic mass is 35.5. The monoisotopic (exact) mass is 548 g/mol. The van der Waals surface area contributed by atoms with Gasteiger partial charge in [0.1, 0.15) is 11.6 Å². The molecule has 8 nitrogen and oxygen atoms in total. The van der Waals surface area contributed by atoms with Crippen LogP contribution in [0.3, 0.4) is 0 Å². The van der Waals surface area contributed by atoms with Crippen LogP contribution in [-0.4, -0.2) is 48.3 Å². The van der Waals surface area contributed by atoms with Crippen LogP contribution < -0.4 is 14.7 Å². The Morgan fingerprint density at radius 3 is 2.19 bits per heavy atom. The third-order valence-corrected chi connectivity index (χ3v) is 9.42. The number of benzene rings is 2. The van der Waals surface area contributed by atoms with Gasteiger partial charge in [-0.2, -0.15) is 13.7 Å². The maximum Gasteiger partial charge on any atom is 0.267 e. The summed E-state index contributed by atoms with van der Waals surface area (Å²) in [5.41, 5.74) is 1.28. The van der Waals surface area contributed by atoms with Gasteiger partial charge in [-0.3, -0.25) is 14.2 Å². The summed E-state index contributed by atoms with van der Waals surface area (Å²) in [6, 6.07) is 14.8. The van der Waals surface area contributed by atoms with Crippen molar-refractivity contribution in [2.24, 2.45) is 5.92 Å². The highest BCUT2D eigenvalue weighted by Gasteiger charge is 2.51. The molecule has 1 N–H and O–H groups in total. The van der Waals surface area contributed by atoms with E-state index >= 15 is 0 Å². The highest BCUT2D eigenvalue weighted by Crippen LogP contribution is 2.41. The van der Waals surface area contributed by atoms with Crippen LogP contribution in [-0.2, 0) is 14.9 Å². The molecule has 2 unspecified atom stereocenters. The lowest BCUT2D eigenvalue weighted by molar-refractivity contribution is -0.120. The SMILES string of the molecule is CC(C1CCN(c2ccc(N3C(S)N(c4ccc(C#N)c(Cl)c4)C(=O)C3(C)C)cc2)CC1)S(=O)(=O)O. The lowest BCUT2D eigenvalue weighted by atomic mass is 9.93. The van der Waals surface area contributed by atoms with Crippen molar-refractivity contribution < 1.29 is 17.8 Å². The summed E-state index contributed by atoms with van der Waals surface area (Å²) < 4.78 is 32.3. The Labute approximate surface area is 222 Å². The summed E-state index contributed by atoms with van der Waals surface area (Å²) in [6.45, 7) is 6.64. The van der Waals surface area contributed by atoms with E-state index in [1.807, 2.05) is 49.1 Å². The number of nitriles is 1. The lowest BCUT2D eigenvalue weighted by Crippen LogP contribution is -2.45. The molecule has 1 amide bonds. The maximum absolute atomic E-state index is 13.4. The Kier molecular flexibility index (Phi) is 7.23. The molecule has 0 saturated carbocycles. The van der Waals surface area contributed by atoms with Gasteiger partial charge in [-0.1, -0.05) is 11.6 Å². The Balaban J connectivity index is 1.52. The van der Waals surface area contributed by atoms with Gasteiger partial charge >= 0.3 is 0 Å². The quantitative estimate of drug-likeness (QED) is 0.417. The van der Waals surface area contributed by atoms with Crippen LogP contribution in [0.4, 0.5) is 17.1 Å². The minimum Gasteiger partial charge on any atom is -0.372 e. The molecule has 2 fully saturated rings. The number of nitrogens with zero attached hydrogens (tertiary/aromatic N) is 4. The molecule has 0 spiro atoms. The van der Waals surface area contributed by atoms with E-state index in [4.69, 9.17) is 29.5 Å². The van der Waals surface area contributed by atoms with E-state index in [9.17, 15) is 17.8 Å². The topological polar surface area (TPSA) is 105 Å². The second kappa shape index (κ2) is 9.78. The predicted molar refractivity (Wildman–Crippen MR) is 145 cm³/mol. The van der Waals surface area contributed by atoms with Crippen LogP contribution in [0.2, 0.25) is 5.02 Å². The van der Waals surface area contributed by atoms with Crippen molar-refractivity contribution >= 4 is 57.3 Å². The highest BCUT2D eigenvalue weighted by molar-refractivity contribution is 7.86. The number of anilines is 3. The Hall–Kier alpha value is -2.45. The average molecular weight is 549 g/mol. The van der Waals surface area contributed by atoms with E-state index in [2.05, 4.69) is 4.90 Å². The smallest absolute Gasteiger partial charge is 0.267 e. The fourth-order valence-electron chi connectivity index (χ4n) is 5.05. The van der Waals surface area contributed by atoms with Crippen LogP contribution in [0.1, 0.15) is 39.2 Å². The maximum atomic E-state index is 13.4. The summed E-state index contributed by atoms with van der Waals surface area (Å²) in [5, 5.41) is 8.67. The third kappa shape index (κ3) is 4.77. The van der Waals surface area contributed by atoms with Crippen molar-refractivity contribution in [3.05, 3.63) is 53.1 Å². The first-order valence-corrected chi connectivity index (χ1v) is 14.1. The van der Waals surface area contributed by atoms with Crippen LogP contribution >= 0.6 is 24.2 Å². The summed E-state index contributed by atoms with van der Waals surface area (Å²) in [4.78, 5) is 19.1. The Bertz CT molecular complexity index is 1300. The fourth-order valence-corrected chi connectivity index (χ4v) is 6.69. The van der Waals surface area contributed by atoms with Gasteiger partial charge in [0.25, 0.3) is 16.0 Å². The van der Waals surface area contributed by atoms with Crippen molar-refractivity contribution in [2.45, 2.75) is 49.9 Å². The molecule has 2 heterocycles. The molecule has 0 radical (unpaired) electrons. The second-order valence-electron chi connectivity index (χ2n) is 9.79. The van der Waals surface area contributed by atoms with E-state index < -0.39 is 26.4 Å². The lowest BCUT2D eigenvalue weighted by Gasteiger charge is -2.36. The molecule has 0 aliphatic carbocycles. The molecule has 2 saturated heterocycles. The van der Waals surface area contributed by atoms with Crippen molar-refractivity contribution in [2.75, 3.05) is 27.8 Å². The van der Waals surface area contributed by atoms with Crippen molar-refractivity contribution in [1.29, 1.82) is 5.26 Å². The zero-order valence-corrected chi connectivity index (χ0v) is 22.8. The van der Waals surface area contributed by atoms with Gasteiger partial charge in [-0.15, -0.1) is 12.6 Å². The minimum absolute atomic E-state index is 0.0708. The molecule has 192 valence electrons. The van der Waals surface area contributed by atoms with Crippen molar-refractivity contribution in [3.8, 4) is 6.07 Å². The molecule has 2 atom stereocenters. The molecule has 2 aromatic rings. The molecule has 2 aliphatic heterocycles. The summed E-state index contributed by atoms with van der Waals surface area (Å²) in [7, 11) is -4.04. The number of hydrogen-bond acceptors (Lipinski definition) is 7. The summed E-state index contributed by atoms with van der Waals surface area (Å²) in [6.07, 6.45) is 1.36. The van der Waals surface area contributed by atoms with Gasteiger partial charge in [-0.05, 0) is 82.0 Å². The first kappa shape index (κ1) is 26.6. The van der Waals surface area contributed by atoms with Gasteiger partial charge in [-0.25, -0.2) is 0 Å². The van der Waals surface area contributed by atoms with Gasteiger partial charge in [0.15, 0.2) is 5.50 Å². The molecule has 0 aromatic heterocycles. The molecule has 2 aliphatic rings. The molecular formula is C25H29ClN4O4S2. The van der Waals surface area contributed by atoms with Crippen molar-refractivity contribution in [1.82, 2.24) is 0 Å². The number of hydrogen-bond donors (Lipinski definition) is 2. The molecule has 36 heavy (non-hydrogen) atoms. The number of carbonyl (C=O) groups is 1. The second-order valence-corrected chi connectivity index (χ2v) is 12.4. The zero-order valence-electron chi connectivity index (χ0n) is 20.3. The van der Waals surface area contributed by atoms with Crippen LogP contribution in [0, 0.1) is 17.2 Å². The van der Waals surface area contributed by atoms with Crippen LogP contribution in [0.15, 0.2) is 42.5 Å². The number of halogens is 1. The predicted octanol–water partition coefficient (Wildman–Crippen LogP) is 4.55. The average Bonchev–Trinajstić information content (AvgIpc) is 3.01. The molecule has 11 heteroatoms. The molecule has 4 rings (SSSR count). The fraction of sp³-hybridized carbons (Fsp3) is 0.440. The van der Waals surface area contributed by atoms with Gasteiger partial charge in [0, 0.05) is 30.2 Å². The molecule has 0 bridgehead atoms. The Morgan fingerprint density at radius 1 is 1.11 bits per heavy atom. The van der Waals surface area contributed by atoms with Gasteiger partial charge in [0.05, 0.1) is 15.8 Å². The van der Waals surface area contributed by atoms with Gasteiger partial charge in [0.2, 0.25) is 0 Å². The molecular weight excluding hydrogens is 520 g/mol. The Morgan fingerprint density at radius 2 is 1.67 bits per heavy atom. The first-order valence-electron chi connectivity index (χ1n) is 11.7. The van der Waals surface area contributed by atoms with E-state index in [1.165, 1.54) is 0 Å². The van der Waals surface area contributed by atoms with Crippen LogP contribution in [0.25, 0.3) is 0 Å². The molecule has 2 aromatic carbocycles. The van der Waals surface area contributed by atoms with Gasteiger partial charge < -0.3 is 9.80 Å². The number of amides is 1. The standard InChI is InChI=1S/C25H29ClN4O4S2/c1-16(36(32,33)34)17-10-12-28(13-11-17)19-6-8-20(9-7-19)30-24(35)29(23(31)25(30,2)3)21-5-4-18(15-27)22(26)14-21/h4-9,14,16-17,24,35H,10-13H2,1-3H3,(H,32,33,34). The normalized spacial score (nSPS) is 21.5. The largest absolute Gasteiger partial charge is 0.372 e.